The van der Waals surface area contributed by atoms with Gasteiger partial charge in [-0.2, -0.15) is 0 Å². The number of hydrogen-bond acceptors (Lipinski definition) is 6. The summed E-state index contributed by atoms with van der Waals surface area (Å²) in [4.78, 5) is 16.1. The van der Waals surface area contributed by atoms with Gasteiger partial charge in [-0.05, 0) is 32.7 Å². The molecule has 0 aromatic carbocycles. The molecule has 0 amide bonds. The van der Waals surface area contributed by atoms with E-state index >= 15 is 0 Å². The van der Waals surface area contributed by atoms with Crippen molar-refractivity contribution < 1.29 is 4.74 Å². The first-order valence-corrected chi connectivity index (χ1v) is 8.71. The van der Waals surface area contributed by atoms with Gasteiger partial charge in [0.2, 0.25) is 0 Å². The SMILES string of the molecule is COc1nccnc1N1CCC([C@@H](C)N2CCN(C)CC2)CC1. The zero-order valence-corrected chi connectivity index (χ0v) is 14.6. The van der Waals surface area contributed by atoms with Crippen LogP contribution in [0.3, 0.4) is 0 Å². The van der Waals surface area contributed by atoms with E-state index in [-0.39, 0.29) is 0 Å². The molecule has 2 aliphatic rings. The van der Waals surface area contributed by atoms with Gasteiger partial charge in [0.15, 0.2) is 5.82 Å². The number of ether oxygens (including phenoxy) is 1. The van der Waals surface area contributed by atoms with E-state index in [1.807, 2.05) is 0 Å². The largest absolute Gasteiger partial charge is 0.478 e. The lowest BCUT2D eigenvalue weighted by Gasteiger charge is -2.42. The molecule has 6 nitrogen and oxygen atoms in total. The molecule has 0 unspecified atom stereocenters. The highest BCUT2D eigenvalue weighted by Gasteiger charge is 2.30. The maximum Gasteiger partial charge on any atom is 0.257 e. The van der Waals surface area contributed by atoms with Crippen molar-refractivity contribution in [3.8, 4) is 5.88 Å². The molecule has 0 saturated carbocycles. The molecule has 23 heavy (non-hydrogen) atoms. The molecule has 1 atom stereocenters. The summed E-state index contributed by atoms with van der Waals surface area (Å²) >= 11 is 0. The predicted molar refractivity (Wildman–Crippen MR) is 92.1 cm³/mol. The number of rotatable bonds is 4. The lowest BCUT2D eigenvalue weighted by atomic mass is 9.89. The molecule has 2 fully saturated rings. The van der Waals surface area contributed by atoms with Gasteiger partial charge in [0, 0.05) is 57.7 Å². The van der Waals surface area contributed by atoms with Crippen molar-refractivity contribution >= 4 is 5.82 Å². The number of aromatic nitrogens is 2. The summed E-state index contributed by atoms with van der Waals surface area (Å²) < 4.78 is 5.35. The van der Waals surface area contributed by atoms with E-state index in [4.69, 9.17) is 4.74 Å². The van der Waals surface area contributed by atoms with Crippen molar-refractivity contribution in [3.05, 3.63) is 12.4 Å². The van der Waals surface area contributed by atoms with E-state index in [9.17, 15) is 0 Å². The molecule has 0 bridgehead atoms. The number of nitrogens with zero attached hydrogens (tertiary/aromatic N) is 5. The Morgan fingerprint density at radius 3 is 2.35 bits per heavy atom. The molecule has 0 aliphatic carbocycles. The van der Waals surface area contributed by atoms with Gasteiger partial charge >= 0.3 is 0 Å². The number of piperazine rings is 1. The second-order valence-corrected chi connectivity index (χ2v) is 6.79. The van der Waals surface area contributed by atoms with Crippen molar-refractivity contribution in [2.75, 3.05) is 58.3 Å². The first-order chi connectivity index (χ1) is 11.2. The minimum absolute atomic E-state index is 0.637. The second-order valence-electron chi connectivity index (χ2n) is 6.79. The van der Waals surface area contributed by atoms with Gasteiger partial charge < -0.3 is 14.5 Å². The van der Waals surface area contributed by atoms with Gasteiger partial charge in [-0.25, -0.2) is 9.97 Å². The van der Waals surface area contributed by atoms with Gasteiger partial charge in [0.25, 0.3) is 5.88 Å². The van der Waals surface area contributed by atoms with Crippen LogP contribution >= 0.6 is 0 Å². The lowest BCUT2D eigenvalue weighted by molar-refractivity contribution is 0.0813. The molecule has 3 rings (SSSR count). The van der Waals surface area contributed by atoms with Gasteiger partial charge in [0.1, 0.15) is 0 Å². The maximum atomic E-state index is 5.35. The maximum absolute atomic E-state index is 5.35. The van der Waals surface area contributed by atoms with Crippen molar-refractivity contribution in [2.45, 2.75) is 25.8 Å². The van der Waals surface area contributed by atoms with Crippen LogP contribution in [0.1, 0.15) is 19.8 Å². The summed E-state index contributed by atoms with van der Waals surface area (Å²) in [6.45, 7) is 9.29. The summed E-state index contributed by atoms with van der Waals surface area (Å²) in [5.74, 6) is 2.30. The minimum Gasteiger partial charge on any atom is -0.478 e. The fraction of sp³-hybridized carbons (Fsp3) is 0.765. The average Bonchev–Trinajstić information content (AvgIpc) is 2.62. The molecular formula is C17H29N5O. The zero-order chi connectivity index (χ0) is 16.2. The van der Waals surface area contributed by atoms with Crippen LogP contribution in [0.15, 0.2) is 12.4 Å². The van der Waals surface area contributed by atoms with Gasteiger partial charge in [-0.1, -0.05) is 0 Å². The summed E-state index contributed by atoms with van der Waals surface area (Å²) in [7, 11) is 3.88. The standard InChI is InChI=1S/C17H29N5O/c1-14(21-12-10-20(2)11-13-21)15-4-8-22(9-5-15)16-17(23-3)19-7-6-18-16/h6-7,14-15H,4-5,8-13H2,1-3H3/t14-/m1/s1. The monoisotopic (exact) mass is 319 g/mol. The molecule has 2 aliphatic heterocycles. The molecule has 0 spiro atoms. The Labute approximate surface area is 139 Å². The third-order valence-electron chi connectivity index (χ3n) is 5.48. The fourth-order valence-electron chi connectivity index (χ4n) is 3.80. The van der Waals surface area contributed by atoms with Crippen LogP contribution in [0.5, 0.6) is 5.88 Å². The third-order valence-corrected chi connectivity index (χ3v) is 5.48. The van der Waals surface area contributed by atoms with Gasteiger partial charge in [0.05, 0.1) is 7.11 Å². The number of hydrogen-bond donors (Lipinski definition) is 0. The Hall–Kier alpha value is -1.40. The Bertz CT molecular complexity index is 496. The van der Waals surface area contributed by atoms with Crippen molar-refractivity contribution in [1.29, 1.82) is 0 Å². The van der Waals surface area contributed by atoms with Crippen molar-refractivity contribution in [2.24, 2.45) is 5.92 Å². The number of piperidine rings is 1. The van der Waals surface area contributed by atoms with Crippen molar-refractivity contribution in [3.63, 3.8) is 0 Å². The highest BCUT2D eigenvalue weighted by Crippen LogP contribution is 2.30. The summed E-state index contributed by atoms with van der Waals surface area (Å²) in [6.07, 6.45) is 5.86. The third kappa shape index (κ3) is 3.75. The Morgan fingerprint density at radius 1 is 1.04 bits per heavy atom. The van der Waals surface area contributed by atoms with Gasteiger partial charge in [-0.3, -0.25) is 4.90 Å². The highest BCUT2D eigenvalue weighted by molar-refractivity contribution is 5.48. The number of likely N-dealkylation sites (N-methyl/N-ethyl adjacent to an activating group) is 1. The molecule has 1 aromatic rings. The van der Waals surface area contributed by atoms with E-state index in [0.717, 1.165) is 24.8 Å². The second kappa shape index (κ2) is 7.45. The van der Waals surface area contributed by atoms with Crippen molar-refractivity contribution in [1.82, 2.24) is 19.8 Å². The Balaban J connectivity index is 1.56. The molecule has 0 N–H and O–H groups in total. The topological polar surface area (TPSA) is 44.7 Å². The summed E-state index contributed by atoms with van der Waals surface area (Å²) in [6, 6.07) is 0.676. The molecule has 128 valence electrons. The smallest absolute Gasteiger partial charge is 0.257 e. The van der Waals surface area contributed by atoms with Crippen LogP contribution in [0, 0.1) is 5.92 Å². The lowest BCUT2D eigenvalue weighted by Crippen LogP contribution is -2.51. The van der Waals surface area contributed by atoms with Crippen LogP contribution in [-0.4, -0.2) is 79.2 Å². The zero-order valence-electron chi connectivity index (χ0n) is 14.6. The van der Waals surface area contributed by atoms with E-state index in [1.165, 1.54) is 39.0 Å². The van der Waals surface area contributed by atoms with E-state index in [0.29, 0.717) is 11.9 Å². The summed E-state index contributed by atoms with van der Waals surface area (Å²) in [5.41, 5.74) is 0. The Kier molecular flexibility index (Phi) is 5.33. The van der Waals surface area contributed by atoms with E-state index in [2.05, 4.69) is 38.6 Å². The number of anilines is 1. The van der Waals surface area contributed by atoms with E-state index in [1.54, 1.807) is 19.5 Å². The minimum atomic E-state index is 0.637. The molecule has 3 heterocycles. The highest BCUT2D eigenvalue weighted by atomic mass is 16.5. The number of methoxy groups -OCH3 is 1. The van der Waals surface area contributed by atoms with E-state index < -0.39 is 0 Å². The van der Waals surface area contributed by atoms with Crippen LogP contribution in [0.25, 0.3) is 0 Å². The normalized spacial score (nSPS) is 23.0. The molecular weight excluding hydrogens is 290 g/mol. The van der Waals surface area contributed by atoms with Gasteiger partial charge in [-0.15, -0.1) is 0 Å². The van der Waals surface area contributed by atoms with Crippen LogP contribution in [-0.2, 0) is 0 Å². The average molecular weight is 319 g/mol. The predicted octanol–water partition coefficient (Wildman–Crippen LogP) is 1.34. The van der Waals surface area contributed by atoms with Crippen LogP contribution < -0.4 is 9.64 Å². The molecule has 1 aromatic heterocycles. The van der Waals surface area contributed by atoms with Crippen LogP contribution in [0.4, 0.5) is 5.82 Å². The first kappa shape index (κ1) is 16.5. The first-order valence-electron chi connectivity index (χ1n) is 8.71. The molecule has 6 heteroatoms. The molecule has 2 saturated heterocycles. The fourth-order valence-corrected chi connectivity index (χ4v) is 3.80. The summed E-state index contributed by atoms with van der Waals surface area (Å²) in [5, 5.41) is 0. The molecule has 0 radical (unpaired) electrons. The van der Waals surface area contributed by atoms with Crippen LogP contribution in [0.2, 0.25) is 0 Å². The quantitative estimate of drug-likeness (QED) is 0.834. The Morgan fingerprint density at radius 2 is 1.70 bits per heavy atom.